The fourth-order valence-electron chi connectivity index (χ4n) is 3.64. The summed E-state index contributed by atoms with van der Waals surface area (Å²) in [5.74, 6) is 0.541. The summed E-state index contributed by atoms with van der Waals surface area (Å²) >= 11 is 0. The number of ether oxygens (including phenoxy) is 2. The molecule has 0 bridgehead atoms. The molecule has 2 heterocycles. The SMILES string of the molecule is COc1ccc(N2CCN(CC(=O)N3CCC(C(N)=O)CC3)C2=O)cc1OC. The molecular formula is C19H26N4O5. The molecule has 28 heavy (non-hydrogen) atoms. The van der Waals surface area contributed by atoms with Gasteiger partial charge in [-0.2, -0.15) is 0 Å². The number of nitrogens with two attached hydrogens (primary N) is 1. The van der Waals surface area contributed by atoms with Gasteiger partial charge < -0.3 is 25.0 Å². The molecule has 2 aliphatic rings. The van der Waals surface area contributed by atoms with Crippen molar-refractivity contribution in [2.24, 2.45) is 11.7 Å². The Morgan fingerprint density at radius 2 is 1.75 bits per heavy atom. The summed E-state index contributed by atoms with van der Waals surface area (Å²) in [6, 6.07) is 5.07. The summed E-state index contributed by atoms with van der Waals surface area (Å²) < 4.78 is 10.5. The van der Waals surface area contributed by atoms with Crippen LogP contribution in [0, 0.1) is 5.92 Å². The largest absolute Gasteiger partial charge is 0.493 e. The minimum Gasteiger partial charge on any atom is -0.493 e. The molecule has 0 aromatic heterocycles. The molecule has 0 aliphatic carbocycles. The van der Waals surface area contributed by atoms with Crippen LogP contribution in [-0.2, 0) is 9.59 Å². The lowest BCUT2D eigenvalue weighted by atomic mass is 9.96. The highest BCUT2D eigenvalue weighted by molar-refractivity contribution is 5.96. The van der Waals surface area contributed by atoms with Gasteiger partial charge >= 0.3 is 6.03 Å². The van der Waals surface area contributed by atoms with Gasteiger partial charge in [0.2, 0.25) is 11.8 Å². The number of methoxy groups -OCH3 is 2. The number of nitrogens with zero attached hydrogens (tertiary/aromatic N) is 3. The molecule has 2 N–H and O–H groups in total. The normalized spacial score (nSPS) is 17.8. The lowest BCUT2D eigenvalue weighted by Crippen LogP contribution is -2.46. The van der Waals surface area contributed by atoms with Crippen molar-refractivity contribution in [3.63, 3.8) is 0 Å². The summed E-state index contributed by atoms with van der Waals surface area (Å²) in [7, 11) is 3.10. The molecule has 2 saturated heterocycles. The van der Waals surface area contributed by atoms with E-state index in [-0.39, 0.29) is 30.3 Å². The zero-order valence-corrected chi connectivity index (χ0v) is 16.2. The molecular weight excluding hydrogens is 364 g/mol. The molecule has 1 aromatic rings. The quantitative estimate of drug-likeness (QED) is 0.769. The average molecular weight is 390 g/mol. The fourth-order valence-corrected chi connectivity index (χ4v) is 3.64. The van der Waals surface area contributed by atoms with Crippen LogP contribution < -0.4 is 20.1 Å². The highest BCUT2D eigenvalue weighted by Crippen LogP contribution is 2.32. The molecule has 3 rings (SSSR count). The first-order valence-electron chi connectivity index (χ1n) is 9.30. The zero-order valence-electron chi connectivity index (χ0n) is 16.2. The number of amides is 4. The molecule has 0 atom stereocenters. The first kappa shape index (κ1) is 19.8. The summed E-state index contributed by atoms with van der Waals surface area (Å²) in [5, 5.41) is 0. The predicted molar refractivity (Wildman–Crippen MR) is 102 cm³/mol. The van der Waals surface area contributed by atoms with Crippen molar-refractivity contribution < 1.29 is 23.9 Å². The molecule has 0 spiro atoms. The third-order valence-corrected chi connectivity index (χ3v) is 5.35. The minimum atomic E-state index is -0.313. The Morgan fingerprint density at radius 1 is 1.07 bits per heavy atom. The van der Waals surface area contributed by atoms with Crippen LogP contribution in [0.3, 0.4) is 0 Å². The Kier molecular flexibility index (Phi) is 5.91. The summed E-state index contributed by atoms with van der Waals surface area (Å²) in [5.41, 5.74) is 6.03. The van der Waals surface area contributed by atoms with Crippen molar-refractivity contribution in [1.29, 1.82) is 0 Å². The highest BCUT2D eigenvalue weighted by atomic mass is 16.5. The van der Waals surface area contributed by atoms with E-state index in [0.29, 0.717) is 56.2 Å². The summed E-state index contributed by atoms with van der Waals surface area (Å²) in [6.07, 6.45) is 1.15. The maximum absolute atomic E-state index is 12.8. The van der Waals surface area contributed by atoms with E-state index in [1.165, 1.54) is 0 Å². The average Bonchev–Trinajstić information content (AvgIpc) is 3.07. The van der Waals surface area contributed by atoms with Gasteiger partial charge in [0, 0.05) is 43.9 Å². The number of anilines is 1. The van der Waals surface area contributed by atoms with Crippen LogP contribution in [0.4, 0.5) is 10.5 Å². The monoisotopic (exact) mass is 390 g/mol. The molecule has 0 unspecified atom stereocenters. The van der Waals surface area contributed by atoms with Crippen LogP contribution in [0.1, 0.15) is 12.8 Å². The van der Waals surface area contributed by atoms with Crippen LogP contribution in [0.15, 0.2) is 18.2 Å². The molecule has 2 fully saturated rings. The van der Waals surface area contributed by atoms with E-state index in [2.05, 4.69) is 0 Å². The van der Waals surface area contributed by atoms with Gasteiger partial charge in [-0.25, -0.2) is 4.79 Å². The van der Waals surface area contributed by atoms with Crippen LogP contribution in [-0.4, -0.2) is 74.6 Å². The molecule has 0 saturated carbocycles. The lowest BCUT2D eigenvalue weighted by molar-refractivity contribution is -0.135. The summed E-state index contributed by atoms with van der Waals surface area (Å²) in [4.78, 5) is 41.4. The molecule has 9 heteroatoms. The number of piperidine rings is 1. The van der Waals surface area contributed by atoms with Gasteiger partial charge in [0.25, 0.3) is 0 Å². The number of rotatable bonds is 6. The Labute approximate surface area is 163 Å². The number of hydrogen-bond donors (Lipinski definition) is 1. The molecule has 152 valence electrons. The maximum Gasteiger partial charge on any atom is 0.325 e. The smallest absolute Gasteiger partial charge is 0.325 e. The van der Waals surface area contributed by atoms with Crippen molar-refractivity contribution >= 4 is 23.5 Å². The van der Waals surface area contributed by atoms with Gasteiger partial charge in [-0.05, 0) is 25.0 Å². The van der Waals surface area contributed by atoms with E-state index in [4.69, 9.17) is 15.2 Å². The Hall–Kier alpha value is -2.97. The predicted octanol–water partition coefficient (Wildman–Crippen LogP) is 0.670. The van der Waals surface area contributed by atoms with Crippen LogP contribution in [0.25, 0.3) is 0 Å². The number of hydrogen-bond acceptors (Lipinski definition) is 5. The van der Waals surface area contributed by atoms with Crippen molar-refractivity contribution in [2.45, 2.75) is 12.8 Å². The van der Waals surface area contributed by atoms with Crippen LogP contribution in [0.2, 0.25) is 0 Å². The molecule has 4 amide bonds. The van der Waals surface area contributed by atoms with Crippen molar-refractivity contribution in [3.05, 3.63) is 18.2 Å². The minimum absolute atomic E-state index is 0.0316. The number of likely N-dealkylation sites (tertiary alicyclic amines) is 1. The first-order chi connectivity index (χ1) is 13.4. The van der Waals surface area contributed by atoms with Crippen molar-refractivity contribution in [2.75, 3.05) is 51.8 Å². The number of primary amides is 1. The van der Waals surface area contributed by atoms with Crippen LogP contribution >= 0.6 is 0 Å². The first-order valence-corrected chi connectivity index (χ1v) is 9.30. The van der Waals surface area contributed by atoms with E-state index < -0.39 is 0 Å². The molecule has 1 aromatic carbocycles. The number of carbonyl (C=O) groups is 3. The highest BCUT2D eigenvalue weighted by Gasteiger charge is 2.33. The molecule has 2 aliphatic heterocycles. The lowest BCUT2D eigenvalue weighted by Gasteiger charge is -2.31. The second-order valence-corrected chi connectivity index (χ2v) is 6.95. The van der Waals surface area contributed by atoms with Crippen LogP contribution in [0.5, 0.6) is 11.5 Å². The van der Waals surface area contributed by atoms with Gasteiger partial charge in [-0.15, -0.1) is 0 Å². The summed E-state index contributed by atoms with van der Waals surface area (Å²) in [6.45, 7) is 1.98. The number of benzene rings is 1. The Morgan fingerprint density at radius 3 is 2.36 bits per heavy atom. The fraction of sp³-hybridized carbons (Fsp3) is 0.526. The standard InChI is InChI=1S/C19H26N4O5/c1-27-15-4-3-14(11-16(15)28-2)23-10-9-22(19(23)26)12-17(24)21-7-5-13(6-8-21)18(20)25/h3-4,11,13H,5-10,12H2,1-2H3,(H2,20,25). The Balaban J connectivity index is 1.60. The van der Waals surface area contributed by atoms with Gasteiger partial charge in [-0.3, -0.25) is 14.5 Å². The van der Waals surface area contributed by atoms with E-state index in [1.54, 1.807) is 47.1 Å². The Bertz CT molecular complexity index is 761. The van der Waals surface area contributed by atoms with Gasteiger partial charge in [-0.1, -0.05) is 0 Å². The number of carbonyl (C=O) groups excluding carboxylic acids is 3. The maximum atomic E-state index is 12.8. The second-order valence-electron chi connectivity index (χ2n) is 6.95. The number of urea groups is 1. The van der Waals surface area contributed by atoms with Crippen molar-refractivity contribution in [1.82, 2.24) is 9.80 Å². The van der Waals surface area contributed by atoms with Crippen molar-refractivity contribution in [3.8, 4) is 11.5 Å². The third kappa shape index (κ3) is 3.97. The van der Waals surface area contributed by atoms with Gasteiger partial charge in [0.05, 0.1) is 14.2 Å². The van der Waals surface area contributed by atoms with E-state index in [9.17, 15) is 14.4 Å². The van der Waals surface area contributed by atoms with E-state index in [1.807, 2.05) is 0 Å². The topological polar surface area (TPSA) is 105 Å². The van der Waals surface area contributed by atoms with Gasteiger partial charge in [0.15, 0.2) is 11.5 Å². The zero-order chi connectivity index (χ0) is 20.3. The second kappa shape index (κ2) is 8.37. The van der Waals surface area contributed by atoms with Gasteiger partial charge in [0.1, 0.15) is 6.54 Å². The molecule has 0 radical (unpaired) electrons. The van der Waals surface area contributed by atoms with E-state index in [0.717, 1.165) is 0 Å². The van der Waals surface area contributed by atoms with E-state index >= 15 is 0 Å². The third-order valence-electron chi connectivity index (χ3n) is 5.35. The molecule has 9 nitrogen and oxygen atoms in total.